The quantitative estimate of drug-likeness (QED) is 0.685. The number of benzene rings is 1. The van der Waals surface area contributed by atoms with Crippen LogP contribution in [0.15, 0.2) is 53.2 Å². The largest absolute Gasteiger partial charge is 0.481 e. The first-order chi connectivity index (χ1) is 11.7. The number of rotatable bonds is 5. The minimum atomic E-state index is 0.329. The highest BCUT2D eigenvalue weighted by Gasteiger charge is 2.08. The van der Waals surface area contributed by atoms with Crippen LogP contribution in [0.1, 0.15) is 5.89 Å². The van der Waals surface area contributed by atoms with Gasteiger partial charge in [0.1, 0.15) is 0 Å². The maximum Gasteiger partial charge on any atom is 0.246 e. The zero-order chi connectivity index (χ0) is 16.8. The lowest BCUT2D eigenvalue weighted by Gasteiger charge is -2.08. The second-order valence-electron chi connectivity index (χ2n) is 4.77. The van der Waals surface area contributed by atoms with Crippen LogP contribution < -0.4 is 15.4 Å². The smallest absolute Gasteiger partial charge is 0.246 e. The first-order valence-corrected chi connectivity index (χ1v) is 7.58. The summed E-state index contributed by atoms with van der Waals surface area (Å²) in [5.74, 6) is 1.54. The Kier molecular flexibility index (Phi) is 4.97. The Morgan fingerprint density at radius 1 is 1.21 bits per heavy atom. The number of hydrogen-bond donors (Lipinski definition) is 2. The zero-order valence-corrected chi connectivity index (χ0v) is 13.7. The molecule has 3 rings (SSSR count). The highest BCUT2D eigenvalue weighted by atomic mass is 32.1. The van der Waals surface area contributed by atoms with Crippen molar-refractivity contribution in [1.82, 2.24) is 20.4 Å². The van der Waals surface area contributed by atoms with E-state index in [1.54, 1.807) is 19.4 Å². The minimum absolute atomic E-state index is 0.329. The highest BCUT2D eigenvalue weighted by Crippen LogP contribution is 2.14. The monoisotopic (exact) mass is 341 g/mol. The summed E-state index contributed by atoms with van der Waals surface area (Å²) in [4.78, 5) is 8.42. The van der Waals surface area contributed by atoms with Crippen LogP contribution in [-0.4, -0.2) is 27.3 Å². The lowest BCUT2D eigenvalue weighted by atomic mass is 10.2. The fourth-order valence-corrected chi connectivity index (χ4v) is 2.13. The molecule has 8 heteroatoms. The van der Waals surface area contributed by atoms with Crippen molar-refractivity contribution in [2.75, 3.05) is 12.4 Å². The lowest BCUT2D eigenvalue weighted by molar-refractivity contribution is 0.376. The average Bonchev–Trinajstić information content (AvgIpc) is 3.10. The van der Waals surface area contributed by atoms with Gasteiger partial charge in [0.05, 0.1) is 25.5 Å². The molecule has 0 aliphatic rings. The van der Waals surface area contributed by atoms with E-state index in [1.165, 1.54) is 0 Å². The van der Waals surface area contributed by atoms with Crippen LogP contribution in [0, 0.1) is 0 Å². The summed E-state index contributed by atoms with van der Waals surface area (Å²) >= 11 is 5.23. The fourth-order valence-electron chi connectivity index (χ4n) is 1.94. The van der Waals surface area contributed by atoms with E-state index < -0.39 is 0 Å². The van der Waals surface area contributed by atoms with Gasteiger partial charge in [0.2, 0.25) is 17.6 Å². The van der Waals surface area contributed by atoms with E-state index >= 15 is 0 Å². The van der Waals surface area contributed by atoms with Gasteiger partial charge in [-0.3, -0.25) is 0 Å². The van der Waals surface area contributed by atoms with E-state index in [1.807, 2.05) is 36.4 Å². The molecule has 1 aromatic carbocycles. The van der Waals surface area contributed by atoms with Crippen LogP contribution in [0.5, 0.6) is 5.88 Å². The highest BCUT2D eigenvalue weighted by molar-refractivity contribution is 7.80. The second kappa shape index (κ2) is 7.51. The molecule has 0 spiro atoms. The van der Waals surface area contributed by atoms with Gasteiger partial charge in [-0.15, -0.1) is 0 Å². The third-order valence-corrected chi connectivity index (χ3v) is 3.35. The Balaban J connectivity index is 1.53. The van der Waals surface area contributed by atoms with Crippen molar-refractivity contribution in [3.8, 4) is 17.3 Å². The Hall–Kier alpha value is -3.00. The summed E-state index contributed by atoms with van der Waals surface area (Å²) < 4.78 is 10.2. The van der Waals surface area contributed by atoms with E-state index in [4.69, 9.17) is 21.5 Å². The second-order valence-corrected chi connectivity index (χ2v) is 5.18. The number of hydrogen-bond acceptors (Lipinski definition) is 6. The predicted molar refractivity (Wildman–Crippen MR) is 93.6 cm³/mol. The average molecular weight is 341 g/mol. The third-order valence-electron chi connectivity index (χ3n) is 3.10. The lowest BCUT2D eigenvalue weighted by Crippen LogP contribution is -2.28. The number of nitrogens with zero attached hydrogens (tertiary/aromatic N) is 3. The fraction of sp³-hybridized carbons (Fsp3) is 0.125. The molecular weight excluding hydrogens is 326 g/mol. The molecule has 0 saturated carbocycles. The summed E-state index contributed by atoms with van der Waals surface area (Å²) in [6.45, 7) is 0.329. The molecule has 24 heavy (non-hydrogen) atoms. The number of ether oxygens (including phenoxy) is 1. The van der Waals surface area contributed by atoms with E-state index in [0.717, 1.165) is 11.3 Å². The first kappa shape index (κ1) is 15.9. The molecule has 0 bridgehead atoms. The van der Waals surface area contributed by atoms with Crippen molar-refractivity contribution >= 4 is 23.0 Å². The first-order valence-electron chi connectivity index (χ1n) is 7.17. The molecule has 2 aromatic heterocycles. The van der Waals surface area contributed by atoms with E-state index in [9.17, 15) is 0 Å². The van der Waals surface area contributed by atoms with Crippen molar-refractivity contribution in [3.05, 3.63) is 54.6 Å². The van der Waals surface area contributed by atoms with Crippen LogP contribution in [0.4, 0.5) is 5.69 Å². The molecule has 0 unspecified atom stereocenters. The summed E-state index contributed by atoms with van der Waals surface area (Å²) in [7, 11) is 1.57. The topological polar surface area (TPSA) is 85.1 Å². The van der Waals surface area contributed by atoms with Gasteiger partial charge >= 0.3 is 0 Å². The SMILES string of the molecule is COc1ccc(NC(=S)NCc2nc(-c3ccccc3)no2)cn1. The van der Waals surface area contributed by atoms with Crippen molar-refractivity contribution < 1.29 is 9.26 Å². The van der Waals surface area contributed by atoms with E-state index in [2.05, 4.69) is 25.8 Å². The van der Waals surface area contributed by atoms with Crippen LogP contribution in [0.3, 0.4) is 0 Å². The number of anilines is 1. The summed E-state index contributed by atoms with van der Waals surface area (Å²) in [5, 5.41) is 10.4. The van der Waals surface area contributed by atoms with Gasteiger partial charge in [0.15, 0.2) is 5.11 Å². The van der Waals surface area contributed by atoms with Gasteiger partial charge < -0.3 is 19.9 Å². The Morgan fingerprint density at radius 3 is 2.75 bits per heavy atom. The molecule has 122 valence electrons. The van der Waals surface area contributed by atoms with Gasteiger partial charge in [-0.05, 0) is 18.3 Å². The predicted octanol–water partition coefficient (Wildman–Crippen LogP) is 2.63. The van der Waals surface area contributed by atoms with Crippen LogP contribution in [0.25, 0.3) is 11.4 Å². The number of pyridine rings is 1. The molecule has 2 N–H and O–H groups in total. The van der Waals surface area contributed by atoms with Gasteiger partial charge in [0.25, 0.3) is 0 Å². The molecule has 2 heterocycles. The molecule has 0 amide bonds. The molecule has 0 aliphatic heterocycles. The molecule has 3 aromatic rings. The van der Waals surface area contributed by atoms with Gasteiger partial charge in [-0.25, -0.2) is 4.98 Å². The number of nitrogens with one attached hydrogen (secondary N) is 2. The summed E-state index contributed by atoms with van der Waals surface area (Å²) in [6.07, 6.45) is 1.63. The number of thiocarbonyl (C=S) groups is 1. The normalized spacial score (nSPS) is 10.2. The van der Waals surface area contributed by atoms with Gasteiger partial charge in [-0.1, -0.05) is 35.5 Å². The standard InChI is InChI=1S/C16H15N5O2S/c1-22-13-8-7-12(9-17-13)19-16(24)18-10-14-20-15(21-23-14)11-5-3-2-4-6-11/h2-9H,10H2,1H3,(H2,18,19,24). The summed E-state index contributed by atoms with van der Waals surface area (Å²) in [5.41, 5.74) is 1.65. The number of aromatic nitrogens is 3. The maximum atomic E-state index is 5.23. The Labute approximate surface area is 144 Å². The molecule has 0 atom stereocenters. The van der Waals surface area contributed by atoms with Crippen LogP contribution in [0.2, 0.25) is 0 Å². The number of methoxy groups -OCH3 is 1. The van der Waals surface area contributed by atoms with Crippen molar-refractivity contribution in [2.45, 2.75) is 6.54 Å². The summed E-state index contributed by atoms with van der Waals surface area (Å²) in [6, 6.07) is 13.2. The molecular formula is C16H15N5O2S. The molecule has 0 aliphatic carbocycles. The van der Waals surface area contributed by atoms with E-state index in [0.29, 0.717) is 29.3 Å². The van der Waals surface area contributed by atoms with Crippen molar-refractivity contribution in [2.24, 2.45) is 0 Å². The zero-order valence-electron chi connectivity index (χ0n) is 12.9. The Bertz CT molecular complexity index is 805. The van der Waals surface area contributed by atoms with Crippen LogP contribution in [-0.2, 0) is 6.54 Å². The van der Waals surface area contributed by atoms with Crippen molar-refractivity contribution in [3.63, 3.8) is 0 Å². The van der Waals surface area contributed by atoms with Crippen LogP contribution >= 0.6 is 12.2 Å². The van der Waals surface area contributed by atoms with Crippen molar-refractivity contribution in [1.29, 1.82) is 0 Å². The molecule has 7 nitrogen and oxygen atoms in total. The minimum Gasteiger partial charge on any atom is -0.481 e. The molecule has 0 saturated heterocycles. The van der Waals surface area contributed by atoms with Gasteiger partial charge in [0, 0.05) is 11.6 Å². The van der Waals surface area contributed by atoms with Gasteiger partial charge in [-0.2, -0.15) is 4.98 Å². The molecule has 0 radical (unpaired) electrons. The molecule has 0 fully saturated rings. The maximum absolute atomic E-state index is 5.23. The Morgan fingerprint density at radius 2 is 2.04 bits per heavy atom. The third kappa shape index (κ3) is 4.05. The van der Waals surface area contributed by atoms with E-state index in [-0.39, 0.29) is 0 Å².